The summed E-state index contributed by atoms with van der Waals surface area (Å²) in [5.74, 6) is 0.912. The molecule has 0 amide bonds. The summed E-state index contributed by atoms with van der Waals surface area (Å²) < 4.78 is 0. The summed E-state index contributed by atoms with van der Waals surface area (Å²) in [6, 6.07) is 8.23. The molecule has 1 aromatic carbocycles. The van der Waals surface area contributed by atoms with E-state index in [0.717, 1.165) is 18.2 Å². The molecule has 0 saturated heterocycles. The summed E-state index contributed by atoms with van der Waals surface area (Å²) in [7, 11) is 2.22. The highest BCUT2D eigenvalue weighted by Gasteiger charge is 2.15. The van der Waals surface area contributed by atoms with Crippen LogP contribution in [0.2, 0.25) is 0 Å². The highest BCUT2D eigenvalue weighted by molar-refractivity contribution is 5.85. The maximum atomic E-state index is 5.80. The van der Waals surface area contributed by atoms with Gasteiger partial charge in [-0.05, 0) is 43.5 Å². The first kappa shape index (κ1) is 15.3. The van der Waals surface area contributed by atoms with Crippen molar-refractivity contribution in [1.82, 2.24) is 4.90 Å². The molecule has 0 radical (unpaired) electrons. The molecule has 0 spiro atoms. The Hall–Kier alpha value is -0.730. The minimum atomic E-state index is 0. The van der Waals surface area contributed by atoms with Crippen LogP contribution in [0.3, 0.4) is 0 Å². The van der Waals surface area contributed by atoms with Gasteiger partial charge in [0.2, 0.25) is 0 Å². The average molecular weight is 269 g/mol. The van der Waals surface area contributed by atoms with E-state index in [2.05, 4.69) is 24.1 Å². The Bertz CT molecular complexity index is 348. The summed E-state index contributed by atoms with van der Waals surface area (Å²) in [5.41, 5.74) is 7.99. The van der Waals surface area contributed by atoms with Crippen molar-refractivity contribution in [3.63, 3.8) is 0 Å². The zero-order valence-corrected chi connectivity index (χ0v) is 12.1. The van der Waals surface area contributed by atoms with Crippen LogP contribution in [0.5, 0.6) is 0 Å². The van der Waals surface area contributed by atoms with Crippen molar-refractivity contribution in [2.45, 2.75) is 38.6 Å². The van der Waals surface area contributed by atoms with E-state index in [-0.39, 0.29) is 12.4 Å². The average Bonchev–Trinajstić information content (AvgIpc) is 2.30. The number of benzene rings is 1. The second-order valence-electron chi connectivity index (χ2n) is 5.45. The van der Waals surface area contributed by atoms with E-state index in [1.807, 2.05) is 12.1 Å². The molecule has 1 fully saturated rings. The lowest BCUT2D eigenvalue weighted by Gasteiger charge is -2.27. The van der Waals surface area contributed by atoms with Crippen molar-refractivity contribution in [3.8, 4) is 0 Å². The number of hydrogen-bond donors (Lipinski definition) is 1. The molecule has 2 N–H and O–H groups in total. The maximum absolute atomic E-state index is 5.80. The van der Waals surface area contributed by atoms with Crippen LogP contribution >= 0.6 is 12.4 Å². The van der Waals surface area contributed by atoms with Crippen LogP contribution in [0, 0.1) is 5.92 Å². The lowest BCUT2D eigenvalue weighted by atomic mass is 9.89. The van der Waals surface area contributed by atoms with Crippen molar-refractivity contribution in [2.24, 2.45) is 5.92 Å². The van der Waals surface area contributed by atoms with E-state index >= 15 is 0 Å². The van der Waals surface area contributed by atoms with Gasteiger partial charge in [-0.3, -0.25) is 0 Å². The summed E-state index contributed by atoms with van der Waals surface area (Å²) in [6.07, 6.45) is 7.13. The fourth-order valence-electron chi connectivity index (χ4n) is 2.88. The number of nitrogens with zero attached hydrogens (tertiary/aromatic N) is 1. The second-order valence-corrected chi connectivity index (χ2v) is 5.45. The molecule has 0 atom stereocenters. The lowest BCUT2D eigenvalue weighted by Crippen LogP contribution is -2.26. The summed E-state index contributed by atoms with van der Waals surface area (Å²) in [6.45, 7) is 2.25. The van der Waals surface area contributed by atoms with E-state index in [4.69, 9.17) is 5.73 Å². The first-order valence-corrected chi connectivity index (χ1v) is 6.77. The predicted octanol–water partition coefficient (Wildman–Crippen LogP) is 3.70. The Balaban J connectivity index is 0.00000162. The molecule has 102 valence electrons. The minimum absolute atomic E-state index is 0. The van der Waals surface area contributed by atoms with Crippen molar-refractivity contribution in [2.75, 3.05) is 19.3 Å². The highest BCUT2D eigenvalue weighted by Crippen LogP contribution is 2.24. The van der Waals surface area contributed by atoms with E-state index < -0.39 is 0 Å². The zero-order chi connectivity index (χ0) is 12.1. The fraction of sp³-hybridized carbons (Fsp3) is 0.600. The second kappa shape index (κ2) is 7.65. The molecular weight excluding hydrogens is 244 g/mol. The molecule has 0 aromatic heterocycles. The largest absolute Gasteiger partial charge is 0.399 e. The fourth-order valence-corrected chi connectivity index (χ4v) is 2.88. The van der Waals surface area contributed by atoms with E-state index in [9.17, 15) is 0 Å². The van der Waals surface area contributed by atoms with Gasteiger partial charge in [0.05, 0.1) is 0 Å². The summed E-state index contributed by atoms with van der Waals surface area (Å²) >= 11 is 0. The van der Waals surface area contributed by atoms with Gasteiger partial charge in [0.25, 0.3) is 0 Å². The van der Waals surface area contributed by atoms with Crippen LogP contribution in [0.15, 0.2) is 24.3 Å². The summed E-state index contributed by atoms with van der Waals surface area (Å²) in [4.78, 5) is 2.44. The number of hydrogen-bond acceptors (Lipinski definition) is 2. The van der Waals surface area contributed by atoms with Crippen molar-refractivity contribution >= 4 is 18.1 Å². The third kappa shape index (κ3) is 4.87. The van der Waals surface area contributed by atoms with Gasteiger partial charge >= 0.3 is 0 Å². The molecule has 0 aliphatic heterocycles. The van der Waals surface area contributed by atoms with Gasteiger partial charge < -0.3 is 10.6 Å². The monoisotopic (exact) mass is 268 g/mol. The summed E-state index contributed by atoms with van der Waals surface area (Å²) in [5, 5.41) is 0. The first-order valence-electron chi connectivity index (χ1n) is 6.77. The van der Waals surface area contributed by atoms with Crippen LogP contribution in [0.25, 0.3) is 0 Å². The first-order chi connectivity index (χ1) is 8.24. The van der Waals surface area contributed by atoms with Crippen LogP contribution in [0.4, 0.5) is 5.69 Å². The molecule has 3 heteroatoms. The molecule has 1 aliphatic rings. The minimum Gasteiger partial charge on any atom is -0.399 e. The number of nitrogen functional groups attached to an aromatic ring is 1. The standard InChI is InChI=1S/C15H24N2.ClH/c1-17(11-13-6-3-2-4-7-13)12-14-8-5-9-15(16)10-14;/h5,8-10,13H,2-4,6-7,11-12,16H2,1H3;1H. The van der Waals surface area contributed by atoms with E-state index in [1.54, 1.807) is 0 Å². The number of anilines is 1. The molecule has 0 heterocycles. The highest BCUT2D eigenvalue weighted by atomic mass is 35.5. The molecule has 0 unspecified atom stereocenters. The molecule has 2 nitrogen and oxygen atoms in total. The maximum Gasteiger partial charge on any atom is 0.0317 e. The Labute approximate surface area is 117 Å². The third-order valence-corrected chi connectivity index (χ3v) is 3.70. The normalized spacial score (nSPS) is 16.6. The number of halogens is 1. The zero-order valence-electron chi connectivity index (χ0n) is 11.3. The van der Waals surface area contributed by atoms with Crippen molar-refractivity contribution < 1.29 is 0 Å². The van der Waals surface area contributed by atoms with Crippen LogP contribution in [-0.2, 0) is 6.54 Å². The topological polar surface area (TPSA) is 29.3 Å². The van der Waals surface area contributed by atoms with Gasteiger partial charge in [0.1, 0.15) is 0 Å². The SMILES string of the molecule is CN(Cc1cccc(N)c1)CC1CCCCC1.Cl. The smallest absolute Gasteiger partial charge is 0.0317 e. The van der Waals surface area contributed by atoms with Crippen LogP contribution in [-0.4, -0.2) is 18.5 Å². The Morgan fingerprint density at radius 2 is 1.94 bits per heavy atom. The van der Waals surface area contributed by atoms with Gasteiger partial charge in [-0.1, -0.05) is 31.4 Å². The third-order valence-electron chi connectivity index (χ3n) is 3.70. The van der Waals surface area contributed by atoms with Gasteiger partial charge in [0.15, 0.2) is 0 Å². The van der Waals surface area contributed by atoms with Crippen LogP contribution in [0.1, 0.15) is 37.7 Å². The lowest BCUT2D eigenvalue weighted by molar-refractivity contribution is 0.228. The van der Waals surface area contributed by atoms with E-state index in [1.165, 1.54) is 44.2 Å². The molecule has 1 saturated carbocycles. The van der Waals surface area contributed by atoms with Gasteiger partial charge in [-0.2, -0.15) is 0 Å². The van der Waals surface area contributed by atoms with Crippen molar-refractivity contribution in [1.29, 1.82) is 0 Å². The van der Waals surface area contributed by atoms with Gasteiger partial charge in [0, 0.05) is 18.8 Å². The van der Waals surface area contributed by atoms with Gasteiger partial charge in [-0.25, -0.2) is 0 Å². The predicted molar refractivity (Wildman–Crippen MR) is 81.0 cm³/mol. The molecule has 1 aliphatic carbocycles. The number of nitrogens with two attached hydrogens (primary N) is 1. The molecule has 2 rings (SSSR count). The Morgan fingerprint density at radius 3 is 2.61 bits per heavy atom. The molecular formula is C15H25ClN2. The van der Waals surface area contributed by atoms with Gasteiger partial charge in [-0.15, -0.1) is 12.4 Å². The Kier molecular flexibility index (Phi) is 6.51. The molecule has 0 bridgehead atoms. The van der Waals surface area contributed by atoms with Crippen LogP contribution < -0.4 is 5.73 Å². The van der Waals surface area contributed by atoms with Crippen molar-refractivity contribution in [3.05, 3.63) is 29.8 Å². The Morgan fingerprint density at radius 1 is 1.22 bits per heavy atom. The van der Waals surface area contributed by atoms with E-state index in [0.29, 0.717) is 0 Å². The quantitative estimate of drug-likeness (QED) is 0.844. The number of rotatable bonds is 4. The molecule has 18 heavy (non-hydrogen) atoms. The molecule has 1 aromatic rings.